The second-order valence-electron chi connectivity index (χ2n) is 5.96. The minimum absolute atomic E-state index is 0.319. The zero-order chi connectivity index (χ0) is 16.9. The van der Waals surface area contributed by atoms with Gasteiger partial charge in [-0.2, -0.15) is 0 Å². The molecule has 0 saturated heterocycles. The average molecular weight is 328 g/mol. The van der Waals surface area contributed by atoms with E-state index in [0.717, 1.165) is 5.56 Å². The van der Waals surface area contributed by atoms with E-state index in [4.69, 9.17) is 21.1 Å². The van der Waals surface area contributed by atoms with Crippen LogP contribution in [0, 0.1) is 0 Å². The molecule has 1 rings (SSSR count). The number of ether oxygens (including phenoxy) is 2. The van der Waals surface area contributed by atoms with Crippen LogP contribution in [-0.2, 0) is 20.7 Å². The first-order valence-corrected chi connectivity index (χ1v) is 7.30. The zero-order valence-corrected chi connectivity index (χ0v) is 14.3. The molecule has 0 heterocycles. The van der Waals surface area contributed by atoms with Gasteiger partial charge in [0.2, 0.25) is 0 Å². The molecule has 0 saturated carbocycles. The summed E-state index contributed by atoms with van der Waals surface area (Å²) < 4.78 is 10.1. The van der Waals surface area contributed by atoms with Crippen LogP contribution in [0.2, 0.25) is 5.02 Å². The molecule has 0 aliphatic rings. The van der Waals surface area contributed by atoms with Crippen LogP contribution in [0.3, 0.4) is 0 Å². The quantitative estimate of drug-likeness (QED) is 0.796. The molecule has 0 aromatic heterocycles. The van der Waals surface area contributed by atoms with E-state index in [2.05, 4.69) is 0 Å². The van der Waals surface area contributed by atoms with Crippen molar-refractivity contribution in [2.45, 2.75) is 38.8 Å². The first-order chi connectivity index (χ1) is 10.1. The summed E-state index contributed by atoms with van der Waals surface area (Å²) in [4.78, 5) is 25.4. The fourth-order valence-electron chi connectivity index (χ4n) is 1.82. The van der Waals surface area contributed by atoms with Gasteiger partial charge in [-0.05, 0) is 38.5 Å². The van der Waals surface area contributed by atoms with Gasteiger partial charge in [-0.1, -0.05) is 23.7 Å². The number of methoxy groups -OCH3 is 1. The molecule has 0 aliphatic heterocycles. The van der Waals surface area contributed by atoms with E-state index in [9.17, 15) is 9.59 Å². The number of halogens is 1. The van der Waals surface area contributed by atoms with Crippen LogP contribution in [0.15, 0.2) is 24.3 Å². The lowest BCUT2D eigenvalue weighted by atomic mass is 10.1. The van der Waals surface area contributed by atoms with Crippen molar-refractivity contribution in [3.8, 4) is 0 Å². The second kappa shape index (κ2) is 7.49. The molecule has 0 fully saturated rings. The molecular weight excluding hydrogens is 306 g/mol. The van der Waals surface area contributed by atoms with Crippen molar-refractivity contribution >= 4 is 23.7 Å². The molecule has 122 valence electrons. The number of rotatable bonds is 4. The Morgan fingerprint density at radius 3 is 2.23 bits per heavy atom. The first-order valence-electron chi connectivity index (χ1n) is 6.92. The maximum Gasteiger partial charge on any atom is 0.410 e. The van der Waals surface area contributed by atoms with Gasteiger partial charge in [-0.3, -0.25) is 4.90 Å². The van der Waals surface area contributed by atoms with E-state index >= 15 is 0 Å². The summed E-state index contributed by atoms with van der Waals surface area (Å²) >= 11 is 5.85. The Morgan fingerprint density at radius 1 is 1.23 bits per heavy atom. The van der Waals surface area contributed by atoms with E-state index in [1.54, 1.807) is 45.0 Å². The molecular formula is C16H22ClNO4. The minimum atomic E-state index is -0.763. The summed E-state index contributed by atoms with van der Waals surface area (Å²) in [6.45, 7) is 5.31. The number of esters is 1. The van der Waals surface area contributed by atoms with Crippen molar-refractivity contribution in [3.05, 3.63) is 34.9 Å². The Kier molecular flexibility index (Phi) is 6.23. The van der Waals surface area contributed by atoms with E-state index in [1.165, 1.54) is 19.1 Å². The van der Waals surface area contributed by atoms with Gasteiger partial charge in [-0.25, -0.2) is 9.59 Å². The minimum Gasteiger partial charge on any atom is -0.467 e. The molecule has 0 bridgehead atoms. The maximum absolute atomic E-state index is 12.1. The number of hydrogen-bond acceptors (Lipinski definition) is 4. The van der Waals surface area contributed by atoms with Gasteiger partial charge in [0.1, 0.15) is 11.6 Å². The Labute approximate surface area is 136 Å². The van der Waals surface area contributed by atoms with Crippen molar-refractivity contribution in [1.29, 1.82) is 0 Å². The van der Waals surface area contributed by atoms with Crippen LogP contribution in [0.25, 0.3) is 0 Å². The third kappa shape index (κ3) is 5.56. The third-order valence-electron chi connectivity index (χ3n) is 2.96. The zero-order valence-electron chi connectivity index (χ0n) is 13.6. The van der Waals surface area contributed by atoms with Crippen LogP contribution in [-0.4, -0.2) is 42.8 Å². The monoisotopic (exact) mass is 327 g/mol. The number of amides is 1. The second-order valence-corrected chi connectivity index (χ2v) is 6.40. The van der Waals surface area contributed by atoms with Crippen molar-refractivity contribution in [3.63, 3.8) is 0 Å². The van der Waals surface area contributed by atoms with Crippen molar-refractivity contribution in [1.82, 2.24) is 4.90 Å². The average Bonchev–Trinajstić information content (AvgIpc) is 2.43. The van der Waals surface area contributed by atoms with E-state index in [1.807, 2.05) is 0 Å². The third-order valence-corrected chi connectivity index (χ3v) is 3.22. The van der Waals surface area contributed by atoms with Gasteiger partial charge in [0.05, 0.1) is 7.11 Å². The van der Waals surface area contributed by atoms with E-state index < -0.39 is 23.7 Å². The SMILES string of the molecule is COC(=O)C(Cc1ccc(Cl)cc1)N(C)C(=O)OC(C)(C)C. The summed E-state index contributed by atoms with van der Waals surface area (Å²) in [5, 5.41) is 0.610. The summed E-state index contributed by atoms with van der Waals surface area (Å²) in [5.74, 6) is -0.497. The van der Waals surface area contributed by atoms with Crippen LogP contribution >= 0.6 is 11.6 Å². The molecule has 0 spiro atoms. The largest absolute Gasteiger partial charge is 0.467 e. The predicted molar refractivity (Wildman–Crippen MR) is 85.0 cm³/mol. The Balaban J connectivity index is 2.90. The smallest absolute Gasteiger partial charge is 0.410 e. The lowest BCUT2D eigenvalue weighted by molar-refractivity contribution is -0.146. The normalized spacial score (nSPS) is 12.5. The van der Waals surface area contributed by atoms with Gasteiger partial charge >= 0.3 is 12.1 Å². The number of carbonyl (C=O) groups is 2. The molecule has 6 heteroatoms. The highest BCUT2D eigenvalue weighted by molar-refractivity contribution is 6.30. The summed E-state index contributed by atoms with van der Waals surface area (Å²) in [7, 11) is 2.81. The molecule has 1 amide bonds. The van der Waals surface area contributed by atoms with Gasteiger partial charge in [0.25, 0.3) is 0 Å². The summed E-state index contributed by atoms with van der Waals surface area (Å²) in [5.41, 5.74) is 0.238. The Bertz CT molecular complexity index is 522. The molecule has 1 atom stereocenters. The van der Waals surface area contributed by atoms with Gasteiger partial charge in [-0.15, -0.1) is 0 Å². The first kappa shape index (κ1) is 18.3. The number of benzene rings is 1. The number of likely N-dealkylation sites (N-methyl/N-ethyl adjacent to an activating group) is 1. The molecule has 22 heavy (non-hydrogen) atoms. The van der Waals surface area contributed by atoms with Gasteiger partial charge < -0.3 is 9.47 Å². The van der Waals surface area contributed by atoms with Crippen molar-refractivity contribution in [2.24, 2.45) is 0 Å². The topological polar surface area (TPSA) is 55.8 Å². The number of nitrogens with zero attached hydrogens (tertiary/aromatic N) is 1. The van der Waals surface area contributed by atoms with Crippen LogP contribution in [0.5, 0.6) is 0 Å². The highest BCUT2D eigenvalue weighted by atomic mass is 35.5. The molecule has 0 aliphatic carbocycles. The lowest BCUT2D eigenvalue weighted by Gasteiger charge is -2.29. The van der Waals surface area contributed by atoms with Crippen LogP contribution < -0.4 is 0 Å². The van der Waals surface area contributed by atoms with Gasteiger partial charge in [0, 0.05) is 18.5 Å². The van der Waals surface area contributed by atoms with Gasteiger partial charge in [0.15, 0.2) is 0 Å². The standard InChI is InChI=1S/C16H22ClNO4/c1-16(2,3)22-15(20)18(4)13(14(19)21-5)10-11-6-8-12(17)9-7-11/h6-9,13H,10H2,1-5H3. The number of hydrogen-bond donors (Lipinski definition) is 0. The van der Waals surface area contributed by atoms with Crippen LogP contribution in [0.1, 0.15) is 26.3 Å². The number of carbonyl (C=O) groups excluding carboxylic acids is 2. The highest BCUT2D eigenvalue weighted by Crippen LogP contribution is 2.16. The molecule has 1 aromatic carbocycles. The molecule has 0 radical (unpaired) electrons. The van der Waals surface area contributed by atoms with E-state index in [0.29, 0.717) is 11.4 Å². The fraction of sp³-hybridized carbons (Fsp3) is 0.500. The van der Waals surface area contributed by atoms with Crippen molar-refractivity contribution in [2.75, 3.05) is 14.2 Å². The summed E-state index contributed by atoms with van der Waals surface area (Å²) in [6, 6.07) is 6.32. The maximum atomic E-state index is 12.1. The van der Waals surface area contributed by atoms with E-state index in [-0.39, 0.29) is 0 Å². The highest BCUT2D eigenvalue weighted by Gasteiger charge is 2.31. The fourth-order valence-corrected chi connectivity index (χ4v) is 1.95. The van der Waals surface area contributed by atoms with Crippen molar-refractivity contribution < 1.29 is 19.1 Å². The molecule has 1 aromatic rings. The Morgan fingerprint density at radius 2 is 1.77 bits per heavy atom. The lowest BCUT2D eigenvalue weighted by Crippen LogP contribution is -2.46. The molecule has 5 nitrogen and oxygen atoms in total. The summed E-state index contributed by atoms with van der Waals surface area (Å²) in [6.07, 6.45) is -0.253. The Hall–Kier alpha value is -1.75. The molecule has 0 N–H and O–H groups in total. The molecule has 1 unspecified atom stereocenters. The predicted octanol–water partition coefficient (Wildman–Crippen LogP) is 3.29. The van der Waals surface area contributed by atoms with Crippen LogP contribution in [0.4, 0.5) is 4.79 Å².